The minimum atomic E-state index is 0.0219. The number of hydrogen-bond acceptors (Lipinski definition) is 5. The Hall–Kier alpha value is -2.71. The molecule has 1 aliphatic heterocycles. The van der Waals surface area contributed by atoms with Crippen LogP contribution in [0.25, 0.3) is 0 Å². The van der Waals surface area contributed by atoms with Crippen molar-refractivity contribution >= 4 is 11.8 Å². The van der Waals surface area contributed by atoms with E-state index in [-0.39, 0.29) is 11.8 Å². The predicted molar refractivity (Wildman–Crippen MR) is 110 cm³/mol. The van der Waals surface area contributed by atoms with Gasteiger partial charge in [0.1, 0.15) is 0 Å². The van der Waals surface area contributed by atoms with E-state index in [0.717, 1.165) is 12.0 Å². The SMILES string of the molecule is COCCCNC(=O)CN1CCN(C(=O)c2ccc(Cn3cccn3)cc2)CC1. The van der Waals surface area contributed by atoms with Crippen LogP contribution in [0, 0.1) is 0 Å². The van der Waals surface area contributed by atoms with Gasteiger partial charge in [-0.3, -0.25) is 19.2 Å². The van der Waals surface area contributed by atoms with E-state index in [1.54, 1.807) is 13.3 Å². The van der Waals surface area contributed by atoms with Crippen LogP contribution in [0.2, 0.25) is 0 Å². The molecule has 0 radical (unpaired) electrons. The minimum absolute atomic E-state index is 0.0219. The fourth-order valence-corrected chi connectivity index (χ4v) is 3.33. The van der Waals surface area contributed by atoms with Crippen molar-refractivity contribution in [2.75, 3.05) is 53.0 Å². The lowest BCUT2D eigenvalue weighted by molar-refractivity contribution is -0.122. The molecule has 8 heteroatoms. The minimum Gasteiger partial charge on any atom is -0.385 e. The number of rotatable bonds is 9. The van der Waals surface area contributed by atoms with Crippen LogP contribution in [0.4, 0.5) is 0 Å². The number of carbonyl (C=O) groups excluding carboxylic acids is 2. The van der Waals surface area contributed by atoms with E-state index in [2.05, 4.69) is 15.3 Å². The summed E-state index contributed by atoms with van der Waals surface area (Å²) in [5, 5.41) is 7.10. The monoisotopic (exact) mass is 399 g/mol. The van der Waals surface area contributed by atoms with Gasteiger partial charge in [0.05, 0.1) is 13.1 Å². The lowest BCUT2D eigenvalue weighted by atomic mass is 10.1. The Morgan fingerprint density at radius 1 is 1.14 bits per heavy atom. The maximum absolute atomic E-state index is 12.8. The second kappa shape index (κ2) is 10.7. The van der Waals surface area contributed by atoms with Gasteiger partial charge in [-0.1, -0.05) is 12.1 Å². The standard InChI is InChI=1S/C21H29N5O3/c1-29-15-3-8-22-20(27)17-24-11-13-25(14-12-24)21(28)19-6-4-18(5-7-19)16-26-10-2-9-23-26/h2,4-7,9-10H,3,8,11-17H2,1H3,(H,22,27). The topological polar surface area (TPSA) is 79.7 Å². The maximum atomic E-state index is 12.8. The number of nitrogens with zero attached hydrogens (tertiary/aromatic N) is 4. The van der Waals surface area contributed by atoms with Gasteiger partial charge in [0.2, 0.25) is 5.91 Å². The van der Waals surface area contributed by atoms with Crippen LogP contribution in [0.15, 0.2) is 42.7 Å². The number of nitrogens with one attached hydrogen (secondary N) is 1. The van der Waals surface area contributed by atoms with E-state index >= 15 is 0 Å². The molecule has 2 amide bonds. The molecule has 1 saturated heterocycles. The molecular weight excluding hydrogens is 370 g/mol. The Morgan fingerprint density at radius 3 is 2.55 bits per heavy atom. The average molecular weight is 399 g/mol. The summed E-state index contributed by atoms with van der Waals surface area (Å²) < 4.78 is 6.82. The van der Waals surface area contributed by atoms with Crippen molar-refractivity contribution in [3.05, 3.63) is 53.9 Å². The highest BCUT2D eigenvalue weighted by Gasteiger charge is 2.23. The molecule has 0 unspecified atom stereocenters. The van der Waals surface area contributed by atoms with E-state index in [1.807, 2.05) is 46.1 Å². The van der Waals surface area contributed by atoms with Crippen molar-refractivity contribution in [2.24, 2.45) is 0 Å². The molecule has 0 atom stereocenters. The molecule has 1 fully saturated rings. The zero-order valence-electron chi connectivity index (χ0n) is 16.9. The second-order valence-corrected chi connectivity index (χ2v) is 7.17. The molecule has 0 bridgehead atoms. The summed E-state index contributed by atoms with van der Waals surface area (Å²) in [6.45, 7) is 5.00. The molecule has 0 saturated carbocycles. The van der Waals surface area contributed by atoms with Gasteiger partial charge in [-0.15, -0.1) is 0 Å². The summed E-state index contributed by atoms with van der Waals surface area (Å²) >= 11 is 0. The molecule has 8 nitrogen and oxygen atoms in total. The number of amides is 2. The van der Waals surface area contributed by atoms with Crippen LogP contribution in [0.5, 0.6) is 0 Å². The first-order valence-electron chi connectivity index (χ1n) is 9.99. The number of benzene rings is 1. The zero-order valence-corrected chi connectivity index (χ0v) is 16.9. The van der Waals surface area contributed by atoms with E-state index < -0.39 is 0 Å². The van der Waals surface area contributed by atoms with Crippen molar-refractivity contribution in [3.63, 3.8) is 0 Å². The first-order valence-corrected chi connectivity index (χ1v) is 9.99. The Morgan fingerprint density at radius 2 is 1.90 bits per heavy atom. The van der Waals surface area contributed by atoms with E-state index in [0.29, 0.717) is 58.0 Å². The molecule has 0 aliphatic carbocycles. The first-order chi connectivity index (χ1) is 14.2. The molecule has 29 heavy (non-hydrogen) atoms. The lowest BCUT2D eigenvalue weighted by Gasteiger charge is -2.34. The van der Waals surface area contributed by atoms with Crippen LogP contribution in [0.3, 0.4) is 0 Å². The molecule has 0 spiro atoms. The van der Waals surface area contributed by atoms with Crippen LogP contribution >= 0.6 is 0 Å². The van der Waals surface area contributed by atoms with Crippen molar-refractivity contribution in [2.45, 2.75) is 13.0 Å². The summed E-state index contributed by atoms with van der Waals surface area (Å²) in [6, 6.07) is 9.59. The molecular formula is C21H29N5O3. The van der Waals surface area contributed by atoms with Crippen molar-refractivity contribution < 1.29 is 14.3 Å². The summed E-state index contributed by atoms with van der Waals surface area (Å²) in [5.74, 6) is 0.0629. The van der Waals surface area contributed by atoms with Gasteiger partial charge in [-0.2, -0.15) is 5.10 Å². The summed E-state index contributed by atoms with van der Waals surface area (Å²) in [7, 11) is 1.65. The van der Waals surface area contributed by atoms with Gasteiger partial charge in [0, 0.05) is 64.4 Å². The van der Waals surface area contributed by atoms with Crippen molar-refractivity contribution in [1.29, 1.82) is 0 Å². The highest BCUT2D eigenvalue weighted by atomic mass is 16.5. The first kappa shape index (κ1) is 21.0. The molecule has 1 aromatic heterocycles. The number of hydrogen-bond donors (Lipinski definition) is 1. The smallest absolute Gasteiger partial charge is 0.253 e. The zero-order chi connectivity index (χ0) is 20.5. The van der Waals surface area contributed by atoms with Gasteiger partial charge in [0.25, 0.3) is 5.91 Å². The Labute approximate surface area is 171 Å². The van der Waals surface area contributed by atoms with Crippen molar-refractivity contribution in [3.8, 4) is 0 Å². The Kier molecular flexibility index (Phi) is 7.77. The molecule has 156 valence electrons. The summed E-state index contributed by atoms with van der Waals surface area (Å²) in [5.41, 5.74) is 1.80. The normalized spacial score (nSPS) is 14.7. The summed E-state index contributed by atoms with van der Waals surface area (Å²) in [6.07, 6.45) is 4.48. The van der Waals surface area contributed by atoms with Gasteiger partial charge in [0.15, 0.2) is 0 Å². The van der Waals surface area contributed by atoms with E-state index in [9.17, 15) is 9.59 Å². The third-order valence-corrected chi connectivity index (χ3v) is 4.98. The lowest BCUT2D eigenvalue weighted by Crippen LogP contribution is -2.51. The largest absolute Gasteiger partial charge is 0.385 e. The van der Waals surface area contributed by atoms with Crippen LogP contribution < -0.4 is 5.32 Å². The summed E-state index contributed by atoms with van der Waals surface area (Å²) in [4.78, 5) is 28.7. The fraction of sp³-hybridized carbons (Fsp3) is 0.476. The number of aromatic nitrogens is 2. The molecule has 1 N–H and O–H groups in total. The fourth-order valence-electron chi connectivity index (χ4n) is 3.33. The van der Waals surface area contributed by atoms with Gasteiger partial charge >= 0.3 is 0 Å². The van der Waals surface area contributed by atoms with Gasteiger partial charge in [-0.05, 0) is 30.2 Å². The maximum Gasteiger partial charge on any atom is 0.253 e. The highest BCUT2D eigenvalue weighted by molar-refractivity contribution is 5.94. The third kappa shape index (κ3) is 6.40. The quantitative estimate of drug-likeness (QED) is 0.632. The van der Waals surface area contributed by atoms with Crippen LogP contribution in [-0.2, 0) is 16.1 Å². The van der Waals surface area contributed by atoms with Crippen molar-refractivity contribution in [1.82, 2.24) is 24.9 Å². The average Bonchev–Trinajstić information content (AvgIpc) is 3.25. The number of ether oxygens (including phenoxy) is 1. The van der Waals surface area contributed by atoms with Crippen LogP contribution in [-0.4, -0.2) is 84.4 Å². The molecule has 2 heterocycles. The number of piperazine rings is 1. The molecule has 1 aliphatic rings. The molecule has 3 rings (SSSR count). The Balaban J connectivity index is 1.42. The number of carbonyl (C=O) groups is 2. The molecule has 2 aromatic rings. The van der Waals surface area contributed by atoms with E-state index in [1.165, 1.54) is 0 Å². The highest BCUT2D eigenvalue weighted by Crippen LogP contribution is 2.11. The Bertz CT molecular complexity index is 768. The van der Waals surface area contributed by atoms with Gasteiger partial charge < -0.3 is 15.0 Å². The predicted octanol–water partition coefficient (Wildman–Crippen LogP) is 0.842. The van der Waals surface area contributed by atoms with Crippen LogP contribution in [0.1, 0.15) is 22.3 Å². The molecule has 1 aromatic carbocycles. The second-order valence-electron chi connectivity index (χ2n) is 7.17. The van der Waals surface area contributed by atoms with Gasteiger partial charge in [-0.25, -0.2) is 0 Å². The van der Waals surface area contributed by atoms with E-state index in [4.69, 9.17) is 4.74 Å². The third-order valence-electron chi connectivity index (χ3n) is 4.98. The number of methoxy groups -OCH3 is 1.